The number of benzene rings is 1. The van der Waals surface area contributed by atoms with Crippen LogP contribution in [0.3, 0.4) is 0 Å². The van der Waals surface area contributed by atoms with Gasteiger partial charge >= 0.3 is 0 Å². The maximum Gasteiger partial charge on any atom is 0.200 e. The molecule has 1 heterocycles. The van der Waals surface area contributed by atoms with Crippen molar-refractivity contribution < 1.29 is 24.2 Å². The van der Waals surface area contributed by atoms with E-state index in [0.717, 1.165) is 0 Å². The van der Waals surface area contributed by atoms with Gasteiger partial charge in [0.1, 0.15) is 0 Å². The van der Waals surface area contributed by atoms with Crippen LogP contribution in [0, 0.1) is 0 Å². The third-order valence-corrected chi connectivity index (χ3v) is 3.36. The first-order valence-electron chi connectivity index (χ1n) is 6.98. The van der Waals surface area contributed by atoms with Crippen molar-refractivity contribution in [2.24, 2.45) is 0 Å². The lowest BCUT2D eigenvalue weighted by molar-refractivity contribution is 0.0917. The summed E-state index contributed by atoms with van der Waals surface area (Å²) in [6.07, 6.45) is 3.18. The number of phenolic OH excluding ortho intramolecular Hbond substituents is 1. The van der Waals surface area contributed by atoms with Crippen molar-refractivity contribution in [1.29, 1.82) is 0 Å². The van der Waals surface area contributed by atoms with Gasteiger partial charge in [0.05, 0.1) is 14.2 Å². The lowest BCUT2D eigenvalue weighted by Crippen LogP contribution is -2.06. The van der Waals surface area contributed by atoms with Gasteiger partial charge in [-0.3, -0.25) is 14.6 Å². The Hall–Kier alpha value is -2.89. The summed E-state index contributed by atoms with van der Waals surface area (Å²) >= 11 is 0. The zero-order valence-corrected chi connectivity index (χ0v) is 12.9. The Labute approximate surface area is 133 Å². The molecule has 0 unspecified atom stereocenters. The van der Waals surface area contributed by atoms with Crippen LogP contribution in [-0.2, 0) is 0 Å². The second kappa shape index (κ2) is 7.40. The highest BCUT2D eigenvalue weighted by Crippen LogP contribution is 2.37. The molecule has 0 radical (unpaired) electrons. The predicted molar refractivity (Wildman–Crippen MR) is 83.3 cm³/mol. The number of methoxy groups -OCH3 is 2. The standard InChI is InChI=1S/C17H17NO5/c1-22-15-8-12(9-16(23-2)17(15)21)14(20)6-5-13(19)11-4-3-7-18-10-11/h3-4,7-10,21H,5-6H2,1-2H3. The molecule has 2 rings (SSSR count). The molecule has 2 aromatic rings. The molecule has 0 atom stereocenters. The molecule has 0 saturated heterocycles. The minimum Gasteiger partial charge on any atom is -0.502 e. The van der Waals surface area contributed by atoms with Gasteiger partial charge in [-0.05, 0) is 24.3 Å². The van der Waals surface area contributed by atoms with Crippen LogP contribution in [0.4, 0.5) is 0 Å². The maximum absolute atomic E-state index is 12.3. The van der Waals surface area contributed by atoms with Gasteiger partial charge in [0.15, 0.2) is 23.1 Å². The molecule has 0 bridgehead atoms. The number of aromatic hydroxyl groups is 1. The first-order valence-corrected chi connectivity index (χ1v) is 6.98. The van der Waals surface area contributed by atoms with Gasteiger partial charge in [0, 0.05) is 36.4 Å². The average Bonchev–Trinajstić information content (AvgIpc) is 2.60. The number of Topliss-reactive ketones (excluding diaryl/α,β-unsaturated/α-hetero) is 2. The highest BCUT2D eigenvalue weighted by Gasteiger charge is 2.17. The number of hydrogen-bond donors (Lipinski definition) is 1. The highest BCUT2D eigenvalue weighted by molar-refractivity contribution is 6.02. The van der Waals surface area contributed by atoms with Crippen LogP contribution in [0.1, 0.15) is 33.6 Å². The van der Waals surface area contributed by atoms with Gasteiger partial charge in [-0.1, -0.05) is 0 Å². The number of nitrogens with zero attached hydrogens (tertiary/aromatic N) is 1. The van der Waals surface area contributed by atoms with Crippen LogP contribution in [-0.4, -0.2) is 35.9 Å². The number of phenols is 1. The van der Waals surface area contributed by atoms with Gasteiger partial charge in [0.25, 0.3) is 0 Å². The van der Waals surface area contributed by atoms with E-state index >= 15 is 0 Å². The van der Waals surface area contributed by atoms with E-state index in [2.05, 4.69) is 4.98 Å². The fraction of sp³-hybridized carbons (Fsp3) is 0.235. The van der Waals surface area contributed by atoms with E-state index in [1.165, 1.54) is 32.5 Å². The summed E-state index contributed by atoms with van der Waals surface area (Å²) in [5, 5.41) is 9.84. The minimum atomic E-state index is -0.237. The van der Waals surface area contributed by atoms with Crippen LogP contribution < -0.4 is 9.47 Å². The second-order valence-corrected chi connectivity index (χ2v) is 4.82. The number of rotatable bonds is 7. The van der Waals surface area contributed by atoms with Crippen LogP contribution in [0.25, 0.3) is 0 Å². The van der Waals surface area contributed by atoms with Crippen molar-refractivity contribution in [1.82, 2.24) is 4.98 Å². The molecule has 1 aromatic heterocycles. The van der Waals surface area contributed by atoms with Crippen molar-refractivity contribution in [3.63, 3.8) is 0 Å². The number of pyridine rings is 1. The molecule has 0 aliphatic rings. The van der Waals surface area contributed by atoms with E-state index in [4.69, 9.17) is 9.47 Å². The molecule has 1 aromatic carbocycles. The van der Waals surface area contributed by atoms with E-state index in [0.29, 0.717) is 11.1 Å². The van der Waals surface area contributed by atoms with Crippen molar-refractivity contribution in [3.8, 4) is 17.2 Å². The summed E-state index contributed by atoms with van der Waals surface area (Å²) in [7, 11) is 2.77. The van der Waals surface area contributed by atoms with Crippen LogP contribution in [0.2, 0.25) is 0 Å². The molecule has 1 N–H and O–H groups in total. The second-order valence-electron chi connectivity index (χ2n) is 4.82. The molecule has 0 saturated carbocycles. The van der Waals surface area contributed by atoms with Gasteiger partial charge in [-0.25, -0.2) is 0 Å². The number of carbonyl (C=O) groups excluding carboxylic acids is 2. The maximum atomic E-state index is 12.3. The summed E-state index contributed by atoms with van der Waals surface area (Å²) in [5.74, 6) is -0.265. The van der Waals surface area contributed by atoms with Gasteiger partial charge in [-0.2, -0.15) is 0 Å². The average molecular weight is 315 g/mol. The van der Waals surface area contributed by atoms with E-state index in [1.54, 1.807) is 18.3 Å². The van der Waals surface area contributed by atoms with Gasteiger partial charge in [0.2, 0.25) is 5.75 Å². The molecule has 0 spiro atoms. The largest absolute Gasteiger partial charge is 0.502 e. The summed E-state index contributed by atoms with van der Waals surface area (Å²) in [6, 6.07) is 6.18. The van der Waals surface area contributed by atoms with E-state index in [1.807, 2.05) is 0 Å². The number of ether oxygens (including phenoxy) is 2. The van der Waals surface area contributed by atoms with Crippen molar-refractivity contribution in [2.45, 2.75) is 12.8 Å². The van der Waals surface area contributed by atoms with Crippen molar-refractivity contribution in [2.75, 3.05) is 14.2 Å². The van der Waals surface area contributed by atoms with Crippen molar-refractivity contribution >= 4 is 11.6 Å². The first-order chi connectivity index (χ1) is 11.1. The molecule has 6 nitrogen and oxygen atoms in total. The Balaban J connectivity index is 2.10. The fourth-order valence-corrected chi connectivity index (χ4v) is 2.10. The Morgan fingerprint density at radius 2 is 1.61 bits per heavy atom. The zero-order chi connectivity index (χ0) is 16.8. The normalized spacial score (nSPS) is 10.2. The van der Waals surface area contributed by atoms with Crippen molar-refractivity contribution in [3.05, 3.63) is 47.8 Å². The summed E-state index contributed by atoms with van der Waals surface area (Å²) in [5.41, 5.74) is 0.789. The monoisotopic (exact) mass is 315 g/mol. The third-order valence-electron chi connectivity index (χ3n) is 3.36. The summed E-state index contributed by atoms with van der Waals surface area (Å²) < 4.78 is 10.0. The third kappa shape index (κ3) is 3.85. The predicted octanol–water partition coefficient (Wildman–Crippen LogP) is 2.65. The minimum absolute atomic E-state index is 0.0464. The zero-order valence-electron chi connectivity index (χ0n) is 12.9. The number of carbonyl (C=O) groups is 2. The molecule has 120 valence electrons. The Morgan fingerprint density at radius 1 is 1.04 bits per heavy atom. The summed E-state index contributed by atoms with van der Waals surface area (Å²) in [6.45, 7) is 0. The topological polar surface area (TPSA) is 85.7 Å². The lowest BCUT2D eigenvalue weighted by atomic mass is 10.0. The van der Waals surface area contributed by atoms with Crippen LogP contribution in [0.15, 0.2) is 36.7 Å². The van der Waals surface area contributed by atoms with E-state index < -0.39 is 0 Å². The smallest absolute Gasteiger partial charge is 0.200 e. The van der Waals surface area contributed by atoms with Crippen LogP contribution >= 0.6 is 0 Å². The lowest BCUT2D eigenvalue weighted by Gasteiger charge is -2.10. The molecular formula is C17H17NO5. The fourth-order valence-electron chi connectivity index (χ4n) is 2.10. The Morgan fingerprint density at radius 3 is 2.09 bits per heavy atom. The molecule has 0 aliphatic heterocycles. The molecular weight excluding hydrogens is 298 g/mol. The Bertz CT molecular complexity index is 687. The number of hydrogen-bond acceptors (Lipinski definition) is 6. The number of aromatic nitrogens is 1. The SMILES string of the molecule is COc1cc(C(=O)CCC(=O)c2cccnc2)cc(OC)c1O. The first kappa shape index (κ1) is 16.5. The quantitative estimate of drug-likeness (QED) is 0.791. The van der Waals surface area contributed by atoms with Crippen LogP contribution in [0.5, 0.6) is 17.2 Å². The van der Waals surface area contributed by atoms with E-state index in [-0.39, 0.29) is 41.7 Å². The van der Waals surface area contributed by atoms with Gasteiger partial charge in [-0.15, -0.1) is 0 Å². The molecule has 0 aliphatic carbocycles. The summed E-state index contributed by atoms with van der Waals surface area (Å²) in [4.78, 5) is 28.1. The molecule has 0 fully saturated rings. The van der Waals surface area contributed by atoms with E-state index in [9.17, 15) is 14.7 Å². The molecule has 6 heteroatoms. The molecule has 0 amide bonds. The van der Waals surface area contributed by atoms with Gasteiger partial charge < -0.3 is 14.6 Å². The highest BCUT2D eigenvalue weighted by atomic mass is 16.5. The number of ketones is 2. The molecule has 23 heavy (non-hydrogen) atoms. The Kier molecular flexibility index (Phi) is 5.30.